The number of piperidine rings is 1. The zero-order valence-corrected chi connectivity index (χ0v) is 15.7. The Bertz CT molecular complexity index is 945. The molecule has 2 aromatic carbocycles. The van der Waals surface area contributed by atoms with Gasteiger partial charge in [0.2, 0.25) is 0 Å². The van der Waals surface area contributed by atoms with Crippen molar-refractivity contribution in [2.45, 2.75) is 37.2 Å². The molecule has 6 heteroatoms. The maximum absolute atomic E-state index is 12.2. The summed E-state index contributed by atoms with van der Waals surface area (Å²) in [4.78, 5) is 7.51. The van der Waals surface area contributed by atoms with Crippen molar-refractivity contribution in [3.63, 3.8) is 0 Å². The Labute approximate surface area is 154 Å². The van der Waals surface area contributed by atoms with E-state index in [1.54, 1.807) is 12.1 Å². The van der Waals surface area contributed by atoms with Gasteiger partial charge in [-0.2, -0.15) is 0 Å². The van der Waals surface area contributed by atoms with E-state index in [1.165, 1.54) is 11.1 Å². The molecule has 1 fully saturated rings. The summed E-state index contributed by atoms with van der Waals surface area (Å²) in [7, 11) is -3.45. The van der Waals surface area contributed by atoms with Gasteiger partial charge in [-0.25, -0.2) is 8.42 Å². The molecule has 0 bridgehead atoms. The minimum absolute atomic E-state index is 0.159. The molecule has 0 spiro atoms. The van der Waals surface area contributed by atoms with Crippen LogP contribution in [0.1, 0.15) is 29.5 Å². The maximum Gasteiger partial charge on any atom is 0.263 e. The molecule has 2 aromatic rings. The summed E-state index contributed by atoms with van der Waals surface area (Å²) in [5.41, 5.74) is 3.39. The van der Waals surface area contributed by atoms with E-state index in [-0.39, 0.29) is 6.04 Å². The largest absolute Gasteiger partial charge is 0.299 e. The van der Waals surface area contributed by atoms with Crippen LogP contribution < -0.4 is 4.72 Å². The number of nitrogens with zero attached hydrogens (tertiary/aromatic N) is 2. The number of amidine groups is 1. The third-order valence-electron chi connectivity index (χ3n) is 5.19. The van der Waals surface area contributed by atoms with Crippen molar-refractivity contribution < 1.29 is 8.42 Å². The van der Waals surface area contributed by atoms with Crippen LogP contribution in [0.25, 0.3) is 0 Å². The number of benzene rings is 2. The first-order chi connectivity index (χ1) is 12.5. The Morgan fingerprint density at radius 2 is 1.77 bits per heavy atom. The Balaban J connectivity index is 1.43. The highest BCUT2D eigenvalue weighted by Crippen LogP contribution is 2.24. The van der Waals surface area contributed by atoms with E-state index >= 15 is 0 Å². The number of hydrogen-bond acceptors (Lipinski definition) is 4. The molecule has 4 rings (SSSR count). The first-order valence-corrected chi connectivity index (χ1v) is 10.5. The second-order valence-corrected chi connectivity index (χ2v) is 8.66. The smallest absolute Gasteiger partial charge is 0.263 e. The predicted molar refractivity (Wildman–Crippen MR) is 103 cm³/mol. The first-order valence-electron chi connectivity index (χ1n) is 9.00. The molecule has 2 heterocycles. The van der Waals surface area contributed by atoms with Gasteiger partial charge in [0.1, 0.15) is 5.84 Å². The standard InChI is InChI=1S/C20H23N3O2S/c1-15-6-2-3-7-16(15)14-23-12-10-17(11-13-23)21-20-18-8-4-5-9-19(18)26(24,25)22-20/h2-9,17H,10-14H2,1H3,(H,21,22). The van der Waals surface area contributed by atoms with Crippen LogP contribution in [-0.2, 0) is 16.6 Å². The second kappa shape index (κ2) is 6.85. The molecule has 136 valence electrons. The van der Waals surface area contributed by atoms with Crippen LogP contribution in [0, 0.1) is 6.92 Å². The maximum atomic E-state index is 12.2. The minimum Gasteiger partial charge on any atom is -0.299 e. The van der Waals surface area contributed by atoms with E-state index in [4.69, 9.17) is 4.99 Å². The summed E-state index contributed by atoms with van der Waals surface area (Å²) in [6.07, 6.45) is 1.89. The molecule has 2 aliphatic heterocycles. The molecule has 1 saturated heterocycles. The van der Waals surface area contributed by atoms with E-state index in [9.17, 15) is 8.42 Å². The van der Waals surface area contributed by atoms with Gasteiger partial charge in [-0.1, -0.05) is 36.4 Å². The summed E-state index contributed by atoms with van der Waals surface area (Å²) >= 11 is 0. The highest BCUT2D eigenvalue weighted by molar-refractivity contribution is 7.90. The van der Waals surface area contributed by atoms with Crippen molar-refractivity contribution in [3.05, 3.63) is 65.2 Å². The summed E-state index contributed by atoms with van der Waals surface area (Å²) in [6.45, 7) is 5.07. The summed E-state index contributed by atoms with van der Waals surface area (Å²) in [6, 6.07) is 15.7. The Kier molecular flexibility index (Phi) is 4.54. The van der Waals surface area contributed by atoms with Gasteiger partial charge >= 0.3 is 0 Å². The molecule has 0 aliphatic carbocycles. The molecule has 0 saturated carbocycles. The van der Waals surface area contributed by atoms with Crippen molar-refractivity contribution in [2.24, 2.45) is 4.99 Å². The zero-order valence-electron chi connectivity index (χ0n) is 14.9. The number of nitrogens with one attached hydrogen (secondary N) is 1. The predicted octanol–water partition coefficient (Wildman–Crippen LogP) is 2.70. The number of likely N-dealkylation sites (tertiary alicyclic amines) is 1. The van der Waals surface area contributed by atoms with Crippen LogP contribution in [0.15, 0.2) is 58.4 Å². The third kappa shape index (κ3) is 3.39. The van der Waals surface area contributed by atoms with Crippen LogP contribution in [0.2, 0.25) is 0 Å². The van der Waals surface area contributed by atoms with Gasteiger partial charge in [-0.15, -0.1) is 0 Å². The lowest BCUT2D eigenvalue weighted by atomic mass is 10.0. The lowest BCUT2D eigenvalue weighted by Crippen LogP contribution is -2.36. The van der Waals surface area contributed by atoms with Gasteiger partial charge < -0.3 is 0 Å². The first kappa shape index (κ1) is 17.2. The molecule has 0 unspecified atom stereocenters. The van der Waals surface area contributed by atoms with Crippen LogP contribution >= 0.6 is 0 Å². The lowest BCUT2D eigenvalue weighted by molar-refractivity contribution is 0.206. The van der Waals surface area contributed by atoms with Gasteiger partial charge in [-0.05, 0) is 43.0 Å². The van der Waals surface area contributed by atoms with E-state index in [0.29, 0.717) is 16.3 Å². The molecule has 1 N–H and O–H groups in total. The number of sulfonamides is 1. The normalized spacial score (nSPS) is 21.5. The van der Waals surface area contributed by atoms with E-state index in [1.807, 2.05) is 12.1 Å². The lowest BCUT2D eigenvalue weighted by Gasteiger charge is -2.30. The minimum atomic E-state index is -3.45. The molecule has 0 radical (unpaired) electrons. The van der Waals surface area contributed by atoms with Crippen molar-refractivity contribution in [1.82, 2.24) is 9.62 Å². The quantitative estimate of drug-likeness (QED) is 0.905. The van der Waals surface area contributed by atoms with Gasteiger partial charge in [0, 0.05) is 25.2 Å². The Hall–Kier alpha value is -2.18. The average Bonchev–Trinajstić information content (AvgIpc) is 2.89. The summed E-state index contributed by atoms with van der Waals surface area (Å²) < 4.78 is 27.0. The highest BCUT2D eigenvalue weighted by Gasteiger charge is 2.31. The molecular weight excluding hydrogens is 346 g/mol. The second-order valence-electron chi connectivity index (χ2n) is 7.01. The monoisotopic (exact) mass is 369 g/mol. The van der Waals surface area contributed by atoms with Gasteiger partial charge in [-0.3, -0.25) is 14.6 Å². The number of fused-ring (bicyclic) bond motifs is 1. The zero-order chi connectivity index (χ0) is 18.1. The molecular formula is C20H23N3O2S. The number of aryl methyl sites for hydroxylation is 1. The number of aliphatic imine (C=N–C) groups is 1. The van der Waals surface area contributed by atoms with Crippen LogP contribution in [0.3, 0.4) is 0 Å². The summed E-state index contributed by atoms with van der Waals surface area (Å²) in [5, 5.41) is 0. The fraction of sp³-hybridized carbons (Fsp3) is 0.350. The van der Waals surface area contributed by atoms with Crippen molar-refractivity contribution >= 4 is 15.9 Å². The fourth-order valence-corrected chi connectivity index (χ4v) is 4.89. The number of rotatable bonds is 3. The van der Waals surface area contributed by atoms with Gasteiger partial charge in [0.25, 0.3) is 10.0 Å². The van der Waals surface area contributed by atoms with Crippen molar-refractivity contribution in [2.75, 3.05) is 13.1 Å². The van der Waals surface area contributed by atoms with Crippen LogP contribution in [-0.4, -0.2) is 38.3 Å². The third-order valence-corrected chi connectivity index (χ3v) is 6.58. The molecule has 0 amide bonds. The van der Waals surface area contributed by atoms with Crippen LogP contribution in [0.4, 0.5) is 0 Å². The number of hydrogen-bond donors (Lipinski definition) is 1. The summed E-state index contributed by atoms with van der Waals surface area (Å²) in [5.74, 6) is 0.498. The highest BCUT2D eigenvalue weighted by atomic mass is 32.2. The van der Waals surface area contributed by atoms with Gasteiger partial charge in [0.05, 0.1) is 10.9 Å². The van der Waals surface area contributed by atoms with Crippen molar-refractivity contribution in [1.29, 1.82) is 0 Å². The fourth-order valence-electron chi connectivity index (χ4n) is 3.65. The Morgan fingerprint density at radius 3 is 2.54 bits per heavy atom. The topological polar surface area (TPSA) is 61.8 Å². The molecule has 26 heavy (non-hydrogen) atoms. The van der Waals surface area contributed by atoms with Gasteiger partial charge in [0.15, 0.2) is 0 Å². The average molecular weight is 369 g/mol. The molecule has 0 atom stereocenters. The van der Waals surface area contributed by atoms with E-state index in [0.717, 1.165) is 32.5 Å². The molecule has 5 nitrogen and oxygen atoms in total. The molecule has 2 aliphatic rings. The van der Waals surface area contributed by atoms with E-state index in [2.05, 4.69) is 40.8 Å². The molecule has 0 aromatic heterocycles. The van der Waals surface area contributed by atoms with E-state index < -0.39 is 10.0 Å². The van der Waals surface area contributed by atoms with Crippen LogP contribution in [0.5, 0.6) is 0 Å². The Morgan fingerprint density at radius 1 is 1.08 bits per heavy atom. The van der Waals surface area contributed by atoms with Crippen molar-refractivity contribution in [3.8, 4) is 0 Å². The SMILES string of the molecule is Cc1ccccc1CN1CCC(N=C2NS(=O)(=O)c3ccccc32)CC1.